The summed E-state index contributed by atoms with van der Waals surface area (Å²) in [7, 11) is -4.26. The largest absolute Gasteiger partial charge is 0.529 e. The Morgan fingerprint density at radius 3 is 2.50 bits per heavy atom. The molecule has 0 aromatic carbocycles. The van der Waals surface area contributed by atoms with Gasteiger partial charge in [0.15, 0.2) is 0 Å². The lowest BCUT2D eigenvalue weighted by Gasteiger charge is -2.11. The van der Waals surface area contributed by atoms with Gasteiger partial charge in [-0.15, -0.1) is 0 Å². The van der Waals surface area contributed by atoms with Crippen molar-refractivity contribution in [1.29, 1.82) is 0 Å². The number of carbonyl (C=O) groups excluding carboxylic acids is 1. The van der Waals surface area contributed by atoms with Gasteiger partial charge in [0.2, 0.25) is 0 Å². The Morgan fingerprint density at radius 2 is 2.00 bits per heavy atom. The van der Waals surface area contributed by atoms with Crippen LogP contribution in [-0.4, -0.2) is 17.5 Å². The summed E-state index contributed by atoms with van der Waals surface area (Å²) in [5.41, 5.74) is 0.0591. The van der Waals surface area contributed by atoms with Crippen molar-refractivity contribution in [3.8, 4) is 0 Å². The second-order valence-corrected chi connectivity index (χ2v) is 4.90. The summed E-state index contributed by atoms with van der Waals surface area (Å²) < 4.78 is 20.1. The first-order valence-electron chi connectivity index (χ1n) is 5.26. The van der Waals surface area contributed by atoms with Crippen LogP contribution in [-0.2, 0) is 18.4 Å². The third-order valence-corrected chi connectivity index (χ3v) is 2.70. The molecule has 1 atom stereocenters. The molecule has 0 aliphatic rings. The third kappa shape index (κ3) is 7.63. The van der Waals surface area contributed by atoms with Crippen molar-refractivity contribution < 1.29 is 23.3 Å². The minimum absolute atomic E-state index is 0.0591. The standard InChI is InChI=1S/C10H19O5P/c1-4-5-6-7-8-14-16(12,13)15-10(11)9(2)3/h2,4-8H2,1,3H3,(H,12,13). The van der Waals surface area contributed by atoms with E-state index in [1.165, 1.54) is 6.92 Å². The Labute approximate surface area is 96.1 Å². The molecule has 1 unspecified atom stereocenters. The van der Waals surface area contributed by atoms with Gasteiger partial charge in [-0.3, -0.25) is 9.42 Å². The van der Waals surface area contributed by atoms with E-state index in [9.17, 15) is 9.36 Å². The van der Waals surface area contributed by atoms with Gasteiger partial charge in [0, 0.05) is 5.57 Å². The predicted octanol–water partition coefficient (Wildman–Crippen LogP) is 2.80. The van der Waals surface area contributed by atoms with Crippen LogP contribution in [0.15, 0.2) is 12.2 Å². The molecule has 0 amide bonds. The Kier molecular flexibility index (Phi) is 7.30. The van der Waals surface area contributed by atoms with Crippen LogP contribution in [0.25, 0.3) is 0 Å². The minimum Gasteiger partial charge on any atom is -0.367 e. The fourth-order valence-electron chi connectivity index (χ4n) is 0.918. The fourth-order valence-corrected chi connectivity index (χ4v) is 1.70. The van der Waals surface area contributed by atoms with Crippen molar-refractivity contribution in [2.45, 2.75) is 39.5 Å². The number of phosphoric ester groups is 1. The van der Waals surface area contributed by atoms with E-state index in [2.05, 4.69) is 22.6 Å². The molecule has 0 bridgehead atoms. The molecule has 0 aliphatic carbocycles. The van der Waals surface area contributed by atoms with Crippen LogP contribution in [0.1, 0.15) is 39.5 Å². The molecule has 1 N–H and O–H groups in total. The van der Waals surface area contributed by atoms with Crippen LogP contribution in [0.2, 0.25) is 0 Å². The number of phosphoric acid groups is 1. The van der Waals surface area contributed by atoms with Crippen LogP contribution in [0, 0.1) is 0 Å². The molecule has 0 aromatic heterocycles. The van der Waals surface area contributed by atoms with Gasteiger partial charge in [-0.05, 0) is 13.3 Å². The minimum atomic E-state index is -4.26. The third-order valence-electron chi connectivity index (χ3n) is 1.80. The van der Waals surface area contributed by atoms with Crippen molar-refractivity contribution in [1.82, 2.24) is 0 Å². The van der Waals surface area contributed by atoms with E-state index in [0.29, 0.717) is 6.42 Å². The van der Waals surface area contributed by atoms with Crippen LogP contribution in [0.5, 0.6) is 0 Å². The van der Waals surface area contributed by atoms with Gasteiger partial charge >= 0.3 is 13.8 Å². The normalized spacial score (nSPS) is 14.2. The molecule has 0 radical (unpaired) electrons. The molecular weight excluding hydrogens is 231 g/mol. The lowest BCUT2D eigenvalue weighted by molar-refractivity contribution is -0.131. The number of rotatable bonds is 8. The van der Waals surface area contributed by atoms with E-state index < -0.39 is 13.8 Å². The average molecular weight is 250 g/mol. The van der Waals surface area contributed by atoms with Crippen LogP contribution in [0.4, 0.5) is 0 Å². The highest BCUT2D eigenvalue weighted by Crippen LogP contribution is 2.43. The highest BCUT2D eigenvalue weighted by atomic mass is 31.2. The van der Waals surface area contributed by atoms with Gasteiger partial charge in [0.05, 0.1) is 6.61 Å². The molecule has 0 rings (SSSR count). The molecule has 6 heteroatoms. The van der Waals surface area contributed by atoms with Crippen LogP contribution < -0.4 is 0 Å². The molecule has 0 saturated heterocycles. The Morgan fingerprint density at radius 1 is 1.38 bits per heavy atom. The summed E-state index contributed by atoms with van der Waals surface area (Å²) in [5, 5.41) is 0. The summed E-state index contributed by atoms with van der Waals surface area (Å²) in [6.45, 7) is 6.86. The molecule has 0 saturated carbocycles. The van der Waals surface area contributed by atoms with Gasteiger partial charge in [-0.1, -0.05) is 32.8 Å². The molecule has 16 heavy (non-hydrogen) atoms. The zero-order valence-corrected chi connectivity index (χ0v) is 10.7. The maximum atomic E-state index is 11.2. The molecule has 0 heterocycles. The Hall–Kier alpha value is -0.640. The zero-order chi connectivity index (χ0) is 12.6. The van der Waals surface area contributed by atoms with E-state index in [-0.39, 0.29) is 12.2 Å². The number of carbonyl (C=O) groups is 1. The molecule has 5 nitrogen and oxygen atoms in total. The molecule has 0 fully saturated rings. The first kappa shape index (κ1) is 15.4. The van der Waals surface area contributed by atoms with Crippen LogP contribution >= 0.6 is 7.82 Å². The van der Waals surface area contributed by atoms with E-state index in [0.717, 1.165) is 19.3 Å². The van der Waals surface area contributed by atoms with E-state index in [1.54, 1.807) is 0 Å². The molecule has 0 aromatic rings. The quantitative estimate of drug-likeness (QED) is 0.407. The van der Waals surface area contributed by atoms with Crippen molar-refractivity contribution in [2.75, 3.05) is 6.61 Å². The summed E-state index contributed by atoms with van der Waals surface area (Å²) >= 11 is 0. The Balaban J connectivity index is 3.83. The molecule has 94 valence electrons. The van der Waals surface area contributed by atoms with Gasteiger partial charge in [0.1, 0.15) is 0 Å². The second-order valence-electron chi connectivity index (χ2n) is 3.52. The van der Waals surface area contributed by atoms with Gasteiger partial charge in [-0.2, -0.15) is 0 Å². The number of hydrogen-bond donors (Lipinski definition) is 1. The SMILES string of the molecule is C=C(C)C(=O)OP(=O)(O)OCCCCCC. The van der Waals surface area contributed by atoms with E-state index >= 15 is 0 Å². The maximum absolute atomic E-state index is 11.2. The molecule has 0 aliphatic heterocycles. The molecular formula is C10H19O5P. The van der Waals surface area contributed by atoms with Gasteiger partial charge < -0.3 is 4.52 Å². The Bertz CT molecular complexity index is 287. The predicted molar refractivity (Wildman–Crippen MR) is 60.8 cm³/mol. The van der Waals surface area contributed by atoms with Crippen molar-refractivity contribution in [2.24, 2.45) is 0 Å². The van der Waals surface area contributed by atoms with E-state index in [4.69, 9.17) is 4.89 Å². The summed E-state index contributed by atoms with van der Waals surface area (Å²) in [5.74, 6) is -0.917. The number of unbranched alkanes of at least 4 members (excludes halogenated alkanes) is 3. The lowest BCUT2D eigenvalue weighted by atomic mass is 10.2. The summed E-state index contributed by atoms with van der Waals surface area (Å²) in [6.07, 6.45) is 3.71. The molecule has 0 spiro atoms. The highest BCUT2D eigenvalue weighted by molar-refractivity contribution is 7.48. The first-order chi connectivity index (χ1) is 7.39. The summed E-state index contributed by atoms with van der Waals surface area (Å²) in [4.78, 5) is 20.1. The van der Waals surface area contributed by atoms with Gasteiger partial charge in [0.25, 0.3) is 0 Å². The number of hydrogen-bond acceptors (Lipinski definition) is 4. The van der Waals surface area contributed by atoms with Crippen molar-refractivity contribution in [3.63, 3.8) is 0 Å². The van der Waals surface area contributed by atoms with E-state index in [1.807, 2.05) is 0 Å². The summed E-state index contributed by atoms with van der Waals surface area (Å²) in [6, 6.07) is 0. The zero-order valence-electron chi connectivity index (χ0n) is 9.77. The smallest absolute Gasteiger partial charge is 0.367 e. The topological polar surface area (TPSA) is 72.8 Å². The van der Waals surface area contributed by atoms with Crippen molar-refractivity contribution in [3.05, 3.63) is 12.2 Å². The van der Waals surface area contributed by atoms with Gasteiger partial charge in [-0.25, -0.2) is 9.36 Å². The van der Waals surface area contributed by atoms with Crippen LogP contribution in [0.3, 0.4) is 0 Å². The average Bonchev–Trinajstić information content (AvgIpc) is 2.16. The first-order valence-corrected chi connectivity index (χ1v) is 6.75. The maximum Gasteiger partial charge on any atom is 0.529 e. The highest BCUT2D eigenvalue weighted by Gasteiger charge is 2.25. The second kappa shape index (κ2) is 7.60. The van der Waals surface area contributed by atoms with Crippen molar-refractivity contribution >= 4 is 13.8 Å². The lowest BCUT2D eigenvalue weighted by Crippen LogP contribution is -2.05. The fraction of sp³-hybridized carbons (Fsp3) is 0.700. The monoisotopic (exact) mass is 250 g/mol.